The van der Waals surface area contributed by atoms with E-state index in [1.165, 1.54) is 19.4 Å². The molecule has 7 atom stereocenters. The molecule has 0 saturated carbocycles. The van der Waals surface area contributed by atoms with Gasteiger partial charge in [-0.15, -0.1) is 5.48 Å². The molecule has 424 valence electrons. The van der Waals surface area contributed by atoms with Crippen LogP contribution >= 0.6 is 25.3 Å². The van der Waals surface area contributed by atoms with Crippen LogP contribution in [0.3, 0.4) is 0 Å². The first-order valence-corrected chi connectivity index (χ1v) is 26.8. The van der Waals surface area contributed by atoms with Crippen LogP contribution in [-0.4, -0.2) is 141 Å². The number of aliphatic imine (C=N–C) groups is 1. The number of rotatable bonds is 35. The molecule has 4 aromatic rings. The van der Waals surface area contributed by atoms with Crippen LogP contribution in [0.25, 0.3) is 10.9 Å². The third-order valence-corrected chi connectivity index (χ3v) is 12.9. The summed E-state index contributed by atoms with van der Waals surface area (Å²) < 4.78 is 0. The molecule has 0 spiro atoms. The minimum absolute atomic E-state index is 0.00686. The van der Waals surface area contributed by atoms with Crippen LogP contribution in [0.1, 0.15) is 82.0 Å². The Balaban J connectivity index is 1.59. The van der Waals surface area contributed by atoms with Crippen molar-refractivity contribution >= 4 is 95.3 Å². The van der Waals surface area contributed by atoms with Gasteiger partial charge in [-0.3, -0.25) is 48.1 Å². The number of hydrogen-bond acceptors (Lipinski definition) is 15. The van der Waals surface area contributed by atoms with Crippen molar-refractivity contribution in [3.8, 4) is 0 Å². The number of thiol groups is 2. The monoisotopic (exact) mass is 1120 g/mol. The molecular weight excluding hydrogens is 1050 g/mol. The number of benzene rings is 2. The van der Waals surface area contributed by atoms with Crippen molar-refractivity contribution in [1.82, 2.24) is 57.6 Å². The third-order valence-electron chi connectivity index (χ3n) is 12.1. The van der Waals surface area contributed by atoms with Crippen LogP contribution in [0.2, 0.25) is 0 Å². The molecule has 8 amide bonds. The van der Waals surface area contributed by atoms with E-state index in [1.807, 2.05) is 31.2 Å². The number of guanidine groups is 1. The zero-order valence-electron chi connectivity index (χ0n) is 43.7. The Hall–Kier alpha value is -7.65. The van der Waals surface area contributed by atoms with Crippen LogP contribution < -0.4 is 59.9 Å². The molecule has 2 aromatic heterocycles. The average Bonchev–Trinajstić information content (AvgIpc) is 4.09. The number of aromatic amines is 2. The number of unbranched alkanes of at least 4 members (excludes halogenated alkanes) is 2. The van der Waals surface area contributed by atoms with E-state index < -0.39 is 95.5 Å². The van der Waals surface area contributed by atoms with Crippen molar-refractivity contribution in [2.75, 3.05) is 24.6 Å². The van der Waals surface area contributed by atoms with Gasteiger partial charge in [-0.05, 0) is 49.3 Å². The Morgan fingerprint density at radius 3 is 1.83 bits per heavy atom. The highest BCUT2D eigenvalue weighted by Gasteiger charge is 2.34. The molecule has 27 heteroatoms. The van der Waals surface area contributed by atoms with Crippen molar-refractivity contribution in [2.45, 2.75) is 127 Å². The number of nitrogens with one attached hydrogen (secondary N) is 10. The van der Waals surface area contributed by atoms with Crippen LogP contribution in [0.4, 0.5) is 0 Å². The summed E-state index contributed by atoms with van der Waals surface area (Å²) in [4.78, 5) is 140. The number of carbonyl (C=O) groups excluding carboxylic acids is 9. The third kappa shape index (κ3) is 21.8. The van der Waals surface area contributed by atoms with Crippen LogP contribution in [-0.2, 0) is 67.3 Å². The van der Waals surface area contributed by atoms with Crippen LogP contribution in [0.5, 0.6) is 0 Å². The Morgan fingerprint density at radius 1 is 0.641 bits per heavy atom. The molecule has 0 unspecified atom stereocenters. The maximum Gasteiger partial charge on any atom is 0.324 e. The predicted molar refractivity (Wildman–Crippen MR) is 298 cm³/mol. The molecule has 0 radical (unpaired) electrons. The van der Waals surface area contributed by atoms with Crippen molar-refractivity contribution < 1.29 is 48.0 Å². The summed E-state index contributed by atoms with van der Waals surface area (Å²) in [7, 11) is 0. The molecule has 0 aliphatic carbocycles. The summed E-state index contributed by atoms with van der Waals surface area (Å²) in [5, 5.41) is 20.0. The summed E-state index contributed by atoms with van der Waals surface area (Å²) in [6.07, 6.45) is 6.79. The number of nitrogens with two attached hydrogens (primary N) is 3. The minimum atomic E-state index is -1.36. The zero-order valence-corrected chi connectivity index (χ0v) is 45.5. The molecule has 2 heterocycles. The second-order valence-electron chi connectivity index (χ2n) is 18.3. The zero-order chi connectivity index (χ0) is 57.0. The first-order valence-electron chi connectivity index (χ1n) is 25.6. The maximum absolute atomic E-state index is 14.7. The summed E-state index contributed by atoms with van der Waals surface area (Å²) in [5.74, 6) is -6.50. The van der Waals surface area contributed by atoms with Gasteiger partial charge in [0.2, 0.25) is 47.3 Å². The molecule has 4 rings (SSSR count). The van der Waals surface area contributed by atoms with E-state index in [1.54, 1.807) is 36.5 Å². The lowest BCUT2D eigenvalue weighted by Gasteiger charge is -2.27. The Bertz CT molecular complexity index is 2640. The Kier molecular flexibility index (Phi) is 27.0. The van der Waals surface area contributed by atoms with E-state index >= 15 is 0 Å². The van der Waals surface area contributed by atoms with Gasteiger partial charge in [-0.2, -0.15) is 25.3 Å². The number of para-hydroxylation sites is 1. The normalized spacial score (nSPS) is 13.7. The number of primary amides is 1. The van der Waals surface area contributed by atoms with E-state index in [-0.39, 0.29) is 69.1 Å². The van der Waals surface area contributed by atoms with E-state index in [0.29, 0.717) is 42.5 Å². The maximum atomic E-state index is 14.7. The highest BCUT2D eigenvalue weighted by atomic mass is 32.1. The number of hydroxylamine groups is 1. The molecule has 78 heavy (non-hydrogen) atoms. The number of hydrogen-bond donors (Lipinski definition) is 15. The molecule has 16 N–H and O–H groups in total. The van der Waals surface area contributed by atoms with E-state index in [9.17, 15) is 43.2 Å². The predicted octanol–water partition coefficient (Wildman–Crippen LogP) is -0.861. The lowest BCUT2D eigenvalue weighted by atomic mass is 10.0. The SMILES string of the molecule is CCCC[C@H](NC(C)=O)C(=O)N[C@@H](CS)C(=O)N[C@@H](Cc1cnc[nH]1)C(=O)N[C@H](Cc1ccccc1)C(=O)N[C@@H](CCCN=C(N)N)C(=O)N[C@@H](Cc1c[nH]c2ccccc12)C(=O)NCCCCC(=O)ON[C@@H](CS)C(N)=O. The number of nitrogens with zero attached hydrogens (tertiary/aromatic N) is 2. The Morgan fingerprint density at radius 2 is 1.22 bits per heavy atom. The van der Waals surface area contributed by atoms with Crippen molar-refractivity contribution in [3.05, 3.63) is 90.1 Å². The first kappa shape index (κ1) is 62.9. The van der Waals surface area contributed by atoms with Gasteiger partial charge in [0.05, 0.1) is 6.33 Å². The molecule has 0 aliphatic heterocycles. The van der Waals surface area contributed by atoms with E-state index in [2.05, 4.69) is 87.9 Å². The van der Waals surface area contributed by atoms with Crippen molar-refractivity contribution in [3.63, 3.8) is 0 Å². The van der Waals surface area contributed by atoms with Crippen LogP contribution in [0, 0.1) is 0 Å². The van der Waals surface area contributed by atoms with Gasteiger partial charge in [-0.25, -0.2) is 4.98 Å². The summed E-state index contributed by atoms with van der Waals surface area (Å²) in [5.41, 5.74) is 21.3. The largest absolute Gasteiger partial charge is 0.370 e. The molecular formula is C51H73N15O10S2. The van der Waals surface area contributed by atoms with Crippen molar-refractivity contribution in [1.29, 1.82) is 0 Å². The summed E-state index contributed by atoms with van der Waals surface area (Å²) in [6, 6.07) is 7.77. The lowest BCUT2D eigenvalue weighted by Crippen LogP contribution is -2.60. The van der Waals surface area contributed by atoms with Gasteiger partial charge in [0.1, 0.15) is 42.3 Å². The van der Waals surface area contributed by atoms with Gasteiger partial charge in [0.15, 0.2) is 5.96 Å². The van der Waals surface area contributed by atoms with E-state index in [0.717, 1.165) is 17.3 Å². The quantitative estimate of drug-likeness (QED) is 0.00877. The number of fused-ring (bicyclic) bond motifs is 1. The smallest absolute Gasteiger partial charge is 0.324 e. The average molecular weight is 1120 g/mol. The van der Waals surface area contributed by atoms with Crippen LogP contribution in [0.15, 0.2) is 78.3 Å². The fraction of sp³-hybridized carbons (Fsp3) is 0.471. The molecule has 0 saturated heterocycles. The number of aromatic nitrogens is 3. The molecule has 25 nitrogen and oxygen atoms in total. The van der Waals surface area contributed by atoms with Gasteiger partial charge >= 0.3 is 5.97 Å². The number of H-pyrrole nitrogens is 2. The number of amides is 8. The summed E-state index contributed by atoms with van der Waals surface area (Å²) >= 11 is 8.31. The first-order chi connectivity index (χ1) is 37.4. The Labute approximate surface area is 462 Å². The fourth-order valence-corrected chi connectivity index (χ4v) is 8.48. The fourth-order valence-electron chi connectivity index (χ4n) is 7.97. The van der Waals surface area contributed by atoms with Gasteiger partial charge in [-0.1, -0.05) is 68.3 Å². The molecule has 2 aromatic carbocycles. The number of carbonyl (C=O) groups is 9. The molecule has 0 aliphatic rings. The highest BCUT2D eigenvalue weighted by Crippen LogP contribution is 2.20. The topological polar surface area (TPSA) is 394 Å². The standard InChI is InChI=1S/C51H73N15O10S2/c1-3-4-16-36(60-30(2)67)46(71)65-42(28-78)50(75)64-40(24-33-26-55-29-59-33)49(74)62-38(22-31-13-6-5-7-14-31)48(73)61-37(18-12-21-57-51(53)54)47(72)63-39(23-32-25-58-35-17-9-8-15-34(32)35)45(70)56-20-11-10-19-43(68)76-66-41(27-77)44(52)69/h5-9,13-15,17,25-26,29,36-42,58,66,77-78H,3-4,10-12,16,18-24,27-28H2,1-2H3,(H2,52,69)(H,55,59)(H,56,70)(H,60,67)(H,61,73)(H,62,74)(H,63,72)(H,64,75)(H,65,71)(H4,53,54,57)/t36-,37-,38+,39-,40-,41-,42-/m0/s1. The molecule has 0 fully saturated rings. The van der Waals surface area contributed by atoms with Gasteiger partial charge in [0, 0.05) is 86.2 Å². The highest BCUT2D eigenvalue weighted by molar-refractivity contribution is 7.80. The second-order valence-corrected chi connectivity index (χ2v) is 19.1. The summed E-state index contributed by atoms with van der Waals surface area (Å²) in [6.45, 7) is 3.38. The minimum Gasteiger partial charge on any atom is -0.370 e. The lowest BCUT2D eigenvalue weighted by molar-refractivity contribution is -0.154. The van der Waals surface area contributed by atoms with Crippen molar-refractivity contribution in [2.24, 2.45) is 22.2 Å². The van der Waals surface area contributed by atoms with E-state index in [4.69, 9.17) is 22.0 Å². The van der Waals surface area contributed by atoms with Gasteiger partial charge < -0.3 is 69.2 Å². The number of imidazole rings is 1. The van der Waals surface area contributed by atoms with Gasteiger partial charge in [0.25, 0.3) is 0 Å². The molecule has 0 bridgehead atoms. The second kappa shape index (κ2) is 33.5.